The molecule has 13 heteroatoms. The Kier molecular flexibility index (Phi) is 6.04. The first-order valence-corrected chi connectivity index (χ1v) is 14.6. The maximum Gasteiger partial charge on any atom is 0.394 e. The molecular weight excluding hydrogens is 559 g/mol. The first kappa shape index (κ1) is 27.3. The van der Waals surface area contributed by atoms with Crippen molar-refractivity contribution in [2.45, 2.75) is 62.3 Å². The molecule has 0 N–H and O–H groups in total. The van der Waals surface area contributed by atoms with Crippen LogP contribution in [-0.4, -0.2) is 57.9 Å². The van der Waals surface area contributed by atoms with E-state index in [-0.39, 0.29) is 42.2 Å². The molecule has 0 bridgehead atoms. The highest BCUT2D eigenvalue weighted by Gasteiger charge is 2.62. The lowest BCUT2D eigenvalue weighted by molar-refractivity contribution is -0.190. The van der Waals surface area contributed by atoms with E-state index in [2.05, 4.69) is 11.7 Å². The monoisotopic (exact) mass is 587 g/mol. The van der Waals surface area contributed by atoms with Crippen LogP contribution in [0.5, 0.6) is 5.88 Å². The third-order valence-electron chi connectivity index (χ3n) is 8.05. The number of ether oxygens (including phenoxy) is 1. The largest absolute Gasteiger partial charge is 0.477 e. The number of amides is 1. The second-order valence-electron chi connectivity index (χ2n) is 11.3. The van der Waals surface area contributed by atoms with Crippen LogP contribution in [0.4, 0.5) is 19.0 Å². The van der Waals surface area contributed by atoms with Crippen molar-refractivity contribution in [1.29, 1.82) is 0 Å². The maximum absolute atomic E-state index is 13.8. The van der Waals surface area contributed by atoms with Crippen molar-refractivity contribution < 1.29 is 31.1 Å². The number of hydrogen-bond donors (Lipinski definition) is 0. The van der Waals surface area contributed by atoms with Crippen LogP contribution >= 0.6 is 0 Å². The summed E-state index contributed by atoms with van der Waals surface area (Å²) in [7, 11) is -4.23. The van der Waals surface area contributed by atoms with Crippen LogP contribution in [0.3, 0.4) is 0 Å². The van der Waals surface area contributed by atoms with Gasteiger partial charge in [0.05, 0.1) is 22.5 Å². The van der Waals surface area contributed by atoms with E-state index in [1.54, 1.807) is 29.3 Å². The minimum atomic E-state index is -4.25. The summed E-state index contributed by atoms with van der Waals surface area (Å²) in [6.45, 7) is 7.84. The van der Waals surface area contributed by atoms with Crippen molar-refractivity contribution in [2.24, 2.45) is 5.41 Å². The van der Waals surface area contributed by atoms with Gasteiger partial charge >= 0.3 is 6.18 Å². The number of aromatic nitrogens is 3. The SMILES string of the molecule is C=C1CC(C)(C)N2c3nc(-n4ccc(OCCC5(C(F)(F)F)CC5)n4)ccc3C(=O)N(S(=O)(=O)c3ccccc3)C12. The Morgan fingerprint density at radius 1 is 1.10 bits per heavy atom. The third-order valence-corrected chi connectivity index (χ3v) is 9.80. The fourth-order valence-corrected chi connectivity index (χ4v) is 7.25. The number of rotatable bonds is 7. The van der Waals surface area contributed by atoms with E-state index in [1.165, 1.54) is 35.0 Å². The quantitative estimate of drug-likeness (QED) is 0.355. The lowest BCUT2D eigenvalue weighted by Gasteiger charge is -2.45. The molecule has 1 aliphatic carbocycles. The van der Waals surface area contributed by atoms with Gasteiger partial charge in [-0.25, -0.2) is 22.4 Å². The molecule has 3 aliphatic rings. The predicted molar refractivity (Wildman–Crippen MR) is 143 cm³/mol. The maximum atomic E-state index is 13.8. The Morgan fingerprint density at radius 2 is 1.80 bits per heavy atom. The summed E-state index contributed by atoms with van der Waals surface area (Å²) in [5, 5.41) is 4.30. The van der Waals surface area contributed by atoms with Crippen molar-refractivity contribution in [1.82, 2.24) is 19.1 Å². The first-order valence-electron chi connectivity index (χ1n) is 13.1. The summed E-state index contributed by atoms with van der Waals surface area (Å²) in [5.74, 6) is 0.0453. The summed E-state index contributed by atoms with van der Waals surface area (Å²) >= 11 is 0. The lowest BCUT2D eigenvalue weighted by Crippen LogP contribution is -2.59. The number of hydrogen-bond acceptors (Lipinski definition) is 7. The first-order chi connectivity index (χ1) is 19.3. The molecule has 9 nitrogen and oxygen atoms in total. The van der Waals surface area contributed by atoms with Crippen molar-refractivity contribution in [3.63, 3.8) is 0 Å². The molecule has 1 aromatic carbocycles. The molecule has 41 heavy (non-hydrogen) atoms. The molecule has 3 aromatic rings. The molecule has 0 radical (unpaired) electrons. The zero-order valence-electron chi connectivity index (χ0n) is 22.4. The minimum Gasteiger partial charge on any atom is -0.477 e. The van der Waals surface area contributed by atoms with E-state index in [0.717, 1.165) is 4.31 Å². The van der Waals surface area contributed by atoms with Crippen LogP contribution in [-0.2, 0) is 10.0 Å². The third kappa shape index (κ3) is 4.37. The number of fused-ring (bicyclic) bond motifs is 3. The number of carbonyl (C=O) groups excluding carboxylic acids is 1. The smallest absolute Gasteiger partial charge is 0.394 e. The summed E-state index contributed by atoms with van der Waals surface area (Å²) in [4.78, 5) is 20.3. The fourth-order valence-electron chi connectivity index (χ4n) is 5.70. The summed E-state index contributed by atoms with van der Waals surface area (Å²) in [6, 6.07) is 12.3. The van der Waals surface area contributed by atoms with E-state index in [4.69, 9.17) is 9.72 Å². The average molecular weight is 588 g/mol. The highest BCUT2D eigenvalue weighted by atomic mass is 32.2. The standard InChI is InChI=1S/C28H28F3N5O4S/c1-18-17-26(2,3)35-23-20(25(37)36(24(18)35)41(38,39)19-7-5-4-6-8-19)9-10-21(32-23)34-15-11-22(33-34)40-16-14-27(12-13-27)28(29,30)31/h4-11,15,24H,1,12-14,16-17H2,2-3H3. The van der Waals surface area contributed by atoms with Gasteiger partial charge in [-0.3, -0.25) is 4.79 Å². The van der Waals surface area contributed by atoms with Crippen molar-refractivity contribution in [3.05, 3.63) is 72.4 Å². The normalized spacial score (nSPS) is 21.0. The Labute approximate surface area is 235 Å². The number of pyridine rings is 1. The number of nitrogens with zero attached hydrogens (tertiary/aromatic N) is 5. The zero-order chi connectivity index (χ0) is 29.4. The molecule has 216 valence electrons. The Bertz CT molecular complexity index is 1650. The zero-order valence-corrected chi connectivity index (χ0v) is 23.2. The average Bonchev–Trinajstić information content (AvgIpc) is 3.50. The van der Waals surface area contributed by atoms with E-state index in [0.29, 0.717) is 23.6 Å². The van der Waals surface area contributed by atoms with Gasteiger partial charge in [0, 0.05) is 17.8 Å². The minimum absolute atomic E-state index is 0.00857. The lowest BCUT2D eigenvalue weighted by atomic mass is 10.0. The van der Waals surface area contributed by atoms with Crippen LogP contribution < -0.4 is 9.64 Å². The second-order valence-corrected chi connectivity index (χ2v) is 13.1. The topological polar surface area (TPSA) is 97.6 Å². The number of sulfonamides is 1. The molecule has 0 spiro atoms. The van der Waals surface area contributed by atoms with E-state index in [9.17, 15) is 26.4 Å². The molecule has 2 fully saturated rings. The second kappa shape index (κ2) is 9.07. The highest BCUT2D eigenvalue weighted by Crippen LogP contribution is 2.59. The number of halogens is 3. The Balaban J connectivity index is 1.32. The van der Waals surface area contributed by atoms with Gasteiger partial charge in [-0.1, -0.05) is 24.8 Å². The Morgan fingerprint density at radius 3 is 2.46 bits per heavy atom. The number of benzene rings is 1. The number of alkyl halides is 3. The molecular formula is C28H28F3N5O4S. The van der Waals surface area contributed by atoms with Gasteiger partial charge < -0.3 is 9.64 Å². The summed E-state index contributed by atoms with van der Waals surface area (Å²) in [5.41, 5.74) is -1.61. The molecule has 4 heterocycles. The van der Waals surface area contributed by atoms with Crippen LogP contribution in [0.15, 0.2) is 71.8 Å². The van der Waals surface area contributed by atoms with Gasteiger partial charge in [0.15, 0.2) is 5.82 Å². The van der Waals surface area contributed by atoms with Gasteiger partial charge in [0.25, 0.3) is 15.9 Å². The van der Waals surface area contributed by atoms with Gasteiger partial charge in [-0.2, -0.15) is 13.2 Å². The molecule has 2 aliphatic heterocycles. The molecule has 2 aromatic heterocycles. The van der Waals surface area contributed by atoms with E-state index < -0.39 is 39.2 Å². The van der Waals surface area contributed by atoms with Crippen molar-refractivity contribution >= 4 is 21.7 Å². The highest BCUT2D eigenvalue weighted by molar-refractivity contribution is 7.89. The predicted octanol–water partition coefficient (Wildman–Crippen LogP) is 5.09. The van der Waals surface area contributed by atoms with Crippen LogP contribution in [0.2, 0.25) is 0 Å². The molecule has 1 amide bonds. The number of carbonyl (C=O) groups is 1. The fraction of sp³-hybridized carbons (Fsp3) is 0.393. The number of anilines is 1. The summed E-state index contributed by atoms with van der Waals surface area (Å²) in [6.07, 6.45) is -3.16. The van der Waals surface area contributed by atoms with E-state index >= 15 is 0 Å². The van der Waals surface area contributed by atoms with Crippen LogP contribution in [0.25, 0.3) is 5.82 Å². The van der Waals surface area contributed by atoms with Crippen LogP contribution in [0, 0.1) is 5.41 Å². The summed E-state index contributed by atoms with van der Waals surface area (Å²) < 4.78 is 74.9. The Hall–Kier alpha value is -3.87. The van der Waals surface area contributed by atoms with Gasteiger partial charge in [0.1, 0.15) is 12.0 Å². The van der Waals surface area contributed by atoms with Gasteiger partial charge in [-0.05, 0) is 69.4 Å². The molecule has 1 saturated heterocycles. The van der Waals surface area contributed by atoms with Crippen molar-refractivity contribution in [2.75, 3.05) is 11.5 Å². The van der Waals surface area contributed by atoms with Crippen molar-refractivity contribution in [3.8, 4) is 11.7 Å². The molecule has 1 atom stereocenters. The molecule has 1 unspecified atom stereocenters. The van der Waals surface area contributed by atoms with Gasteiger partial charge in [-0.15, -0.1) is 5.10 Å². The van der Waals surface area contributed by atoms with Crippen LogP contribution in [0.1, 0.15) is 49.9 Å². The molecule has 1 saturated carbocycles. The van der Waals surface area contributed by atoms with Gasteiger partial charge in [0.2, 0.25) is 5.88 Å². The molecule has 6 rings (SSSR count). The van der Waals surface area contributed by atoms with E-state index in [1.807, 2.05) is 13.8 Å².